The van der Waals surface area contributed by atoms with Gasteiger partial charge in [0.15, 0.2) is 0 Å². The summed E-state index contributed by atoms with van der Waals surface area (Å²) in [7, 11) is -3.65. The van der Waals surface area contributed by atoms with Crippen LogP contribution in [0, 0.1) is 0 Å². The lowest BCUT2D eigenvalue weighted by molar-refractivity contribution is 0.585. The number of rotatable bonds is 4. The second-order valence-electron chi connectivity index (χ2n) is 4.42. The second-order valence-corrected chi connectivity index (χ2v) is 6.86. The van der Waals surface area contributed by atoms with Crippen molar-refractivity contribution < 1.29 is 8.42 Å². The number of fused-ring (bicyclic) bond motifs is 1. The monoisotopic (exact) mass is 316 g/mol. The predicted molar refractivity (Wildman–Crippen MR) is 86.2 cm³/mol. The van der Waals surface area contributed by atoms with Gasteiger partial charge in [-0.15, -0.1) is 0 Å². The highest BCUT2D eigenvalue weighted by molar-refractivity contribution is 7.89. The lowest BCUT2D eigenvalue weighted by atomic mass is 10.1. The van der Waals surface area contributed by atoms with Crippen LogP contribution < -0.4 is 4.83 Å². The number of sulfonamides is 1. The van der Waals surface area contributed by atoms with E-state index >= 15 is 0 Å². The molecule has 0 spiro atoms. The molecular weight excluding hydrogens is 304 g/mol. The third kappa shape index (κ3) is 3.12. The highest BCUT2D eigenvalue weighted by Crippen LogP contribution is 2.18. The Labute approximate surface area is 126 Å². The first kappa shape index (κ1) is 13.8. The van der Waals surface area contributed by atoms with Crippen LogP contribution in [-0.2, 0) is 10.0 Å². The molecule has 0 aliphatic rings. The Bertz CT molecular complexity index is 885. The van der Waals surface area contributed by atoms with Gasteiger partial charge >= 0.3 is 0 Å². The Morgan fingerprint density at radius 3 is 2.62 bits per heavy atom. The molecule has 0 unspecified atom stereocenters. The van der Waals surface area contributed by atoms with Crippen molar-refractivity contribution in [2.24, 2.45) is 5.10 Å². The molecule has 1 aromatic heterocycles. The minimum atomic E-state index is -3.65. The summed E-state index contributed by atoms with van der Waals surface area (Å²) < 4.78 is 24.4. The predicted octanol–water partition coefficient (Wildman–Crippen LogP) is 3.21. The molecule has 0 fully saturated rings. The van der Waals surface area contributed by atoms with Crippen molar-refractivity contribution >= 4 is 38.3 Å². The minimum absolute atomic E-state index is 0.198. The first-order valence-corrected chi connectivity index (χ1v) is 8.64. The molecule has 21 heavy (non-hydrogen) atoms. The zero-order valence-corrected chi connectivity index (χ0v) is 12.6. The number of hydrogen-bond acceptors (Lipinski definition) is 4. The van der Waals surface area contributed by atoms with Crippen LogP contribution in [0.2, 0.25) is 0 Å². The van der Waals surface area contributed by atoms with E-state index in [0.29, 0.717) is 0 Å². The van der Waals surface area contributed by atoms with Gasteiger partial charge in [0.05, 0.1) is 11.1 Å². The molecule has 2 aromatic carbocycles. The Hall–Kier alpha value is -2.18. The molecule has 1 heterocycles. The molecule has 1 N–H and O–H groups in total. The molecule has 0 saturated carbocycles. The standard InChI is InChI=1S/C15H12N2O2S2/c18-21(19,17-16-10-12-7-8-20-11-12)15-6-5-13-3-1-2-4-14(13)9-15/h1-11,17H/b16-10+. The molecule has 0 aliphatic carbocycles. The summed E-state index contributed by atoms with van der Waals surface area (Å²) in [5.74, 6) is 0. The van der Waals surface area contributed by atoms with Gasteiger partial charge in [-0.25, -0.2) is 4.83 Å². The largest absolute Gasteiger partial charge is 0.276 e. The fraction of sp³-hybridized carbons (Fsp3) is 0. The molecule has 0 amide bonds. The lowest BCUT2D eigenvalue weighted by Gasteiger charge is -2.04. The van der Waals surface area contributed by atoms with E-state index in [4.69, 9.17) is 0 Å². The number of hydrogen-bond donors (Lipinski definition) is 1. The zero-order valence-electron chi connectivity index (χ0n) is 10.9. The van der Waals surface area contributed by atoms with Gasteiger partial charge in [-0.1, -0.05) is 30.3 Å². The minimum Gasteiger partial charge on any atom is -0.200 e. The van der Waals surface area contributed by atoms with Crippen LogP contribution in [0.4, 0.5) is 0 Å². The maximum Gasteiger partial charge on any atom is 0.276 e. The first-order valence-electron chi connectivity index (χ1n) is 6.21. The van der Waals surface area contributed by atoms with Gasteiger partial charge in [0, 0.05) is 5.56 Å². The Kier molecular flexibility index (Phi) is 3.72. The molecule has 0 bridgehead atoms. The molecule has 6 heteroatoms. The Morgan fingerprint density at radius 2 is 1.86 bits per heavy atom. The number of nitrogens with zero attached hydrogens (tertiary/aromatic N) is 1. The van der Waals surface area contributed by atoms with Gasteiger partial charge in [-0.2, -0.15) is 24.9 Å². The second kappa shape index (κ2) is 5.67. The van der Waals surface area contributed by atoms with Crippen LogP contribution in [-0.4, -0.2) is 14.6 Å². The van der Waals surface area contributed by atoms with Crippen molar-refractivity contribution in [1.82, 2.24) is 4.83 Å². The molecule has 3 rings (SSSR count). The van der Waals surface area contributed by atoms with Crippen LogP contribution in [0.25, 0.3) is 10.8 Å². The van der Waals surface area contributed by atoms with Crippen molar-refractivity contribution in [3.8, 4) is 0 Å². The van der Waals surface area contributed by atoms with Gasteiger partial charge < -0.3 is 0 Å². The summed E-state index contributed by atoms with van der Waals surface area (Å²) in [5, 5.41) is 9.45. The quantitative estimate of drug-likeness (QED) is 0.593. The van der Waals surface area contributed by atoms with E-state index in [1.54, 1.807) is 18.2 Å². The van der Waals surface area contributed by atoms with E-state index in [9.17, 15) is 8.42 Å². The Morgan fingerprint density at radius 1 is 1.05 bits per heavy atom. The number of thiophene rings is 1. The average molecular weight is 316 g/mol. The van der Waals surface area contributed by atoms with Gasteiger partial charge in [-0.3, -0.25) is 0 Å². The molecular formula is C15H12N2O2S2. The maximum atomic E-state index is 12.2. The maximum absolute atomic E-state index is 12.2. The molecule has 3 aromatic rings. The fourth-order valence-corrected chi connectivity index (χ4v) is 3.34. The molecule has 0 atom stereocenters. The van der Waals surface area contributed by atoms with E-state index in [1.165, 1.54) is 17.6 Å². The third-order valence-corrected chi connectivity index (χ3v) is 4.88. The van der Waals surface area contributed by atoms with Crippen LogP contribution in [0.15, 0.2) is 69.3 Å². The summed E-state index contributed by atoms with van der Waals surface area (Å²) in [4.78, 5) is 2.42. The smallest absolute Gasteiger partial charge is 0.200 e. The summed E-state index contributed by atoms with van der Waals surface area (Å²) in [6.07, 6.45) is 1.48. The highest BCUT2D eigenvalue weighted by Gasteiger charge is 2.12. The van der Waals surface area contributed by atoms with Crippen molar-refractivity contribution in [1.29, 1.82) is 0 Å². The zero-order chi connectivity index (χ0) is 14.7. The van der Waals surface area contributed by atoms with Crippen molar-refractivity contribution in [2.45, 2.75) is 4.90 Å². The van der Waals surface area contributed by atoms with Crippen LogP contribution in [0.1, 0.15) is 5.56 Å². The van der Waals surface area contributed by atoms with Crippen molar-refractivity contribution in [3.05, 3.63) is 64.9 Å². The van der Waals surface area contributed by atoms with Crippen molar-refractivity contribution in [2.75, 3.05) is 0 Å². The lowest BCUT2D eigenvalue weighted by Crippen LogP contribution is -2.18. The van der Waals surface area contributed by atoms with E-state index in [1.807, 2.05) is 41.1 Å². The van der Waals surface area contributed by atoms with E-state index in [-0.39, 0.29) is 4.90 Å². The number of benzene rings is 2. The van der Waals surface area contributed by atoms with Gasteiger partial charge in [0.25, 0.3) is 10.0 Å². The summed E-state index contributed by atoms with van der Waals surface area (Å²) in [6.45, 7) is 0. The van der Waals surface area contributed by atoms with E-state index in [2.05, 4.69) is 9.93 Å². The van der Waals surface area contributed by atoms with Crippen LogP contribution >= 0.6 is 11.3 Å². The van der Waals surface area contributed by atoms with Gasteiger partial charge in [0.2, 0.25) is 0 Å². The highest BCUT2D eigenvalue weighted by atomic mass is 32.2. The van der Waals surface area contributed by atoms with E-state index < -0.39 is 10.0 Å². The van der Waals surface area contributed by atoms with Crippen LogP contribution in [0.5, 0.6) is 0 Å². The first-order chi connectivity index (χ1) is 10.1. The SMILES string of the molecule is O=S(=O)(N/N=C/c1ccsc1)c1ccc2ccccc2c1. The van der Waals surface area contributed by atoms with E-state index in [0.717, 1.165) is 16.3 Å². The van der Waals surface area contributed by atoms with Crippen LogP contribution in [0.3, 0.4) is 0 Å². The molecule has 4 nitrogen and oxygen atoms in total. The Balaban J connectivity index is 1.86. The van der Waals surface area contributed by atoms with Gasteiger partial charge in [0.1, 0.15) is 0 Å². The summed E-state index contributed by atoms with van der Waals surface area (Å²) >= 11 is 1.53. The number of nitrogens with one attached hydrogen (secondary N) is 1. The third-order valence-electron chi connectivity index (χ3n) is 2.96. The average Bonchev–Trinajstić information content (AvgIpc) is 3.00. The number of hydrazone groups is 1. The summed E-state index contributed by atoms with van der Waals surface area (Å²) in [6, 6.07) is 14.5. The molecule has 0 aliphatic heterocycles. The van der Waals surface area contributed by atoms with Gasteiger partial charge in [-0.05, 0) is 39.7 Å². The normalized spacial score (nSPS) is 12.0. The molecule has 0 radical (unpaired) electrons. The molecule has 106 valence electrons. The van der Waals surface area contributed by atoms with Crippen molar-refractivity contribution in [3.63, 3.8) is 0 Å². The fourth-order valence-electron chi connectivity index (χ4n) is 1.91. The topological polar surface area (TPSA) is 58.5 Å². The summed E-state index contributed by atoms with van der Waals surface area (Å²) in [5.41, 5.74) is 0.862. The molecule has 0 saturated heterocycles.